The zero-order chi connectivity index (χ0) is 11.3. The van der Waals surface area contributed by atoms with Crippen LogP contribution in [-0.4, -0.2) is 12.5 Å². The van der Waals surface area contributed by atoms with Gasteiger partial charge in [0.1, 0.15) is 0 Å². The van der Waals surface area contributed by atoms with E-state index in [1.165, 1.54) is 0 Å². The number of hydrogen-bond acceptors (Lipinski definition) is 1. The zero-order valence-electron chi connectivity index (χ0n) is 8.21. The minimum Gasteiger partial charge on any atom is -0.370 e. The first kappa shape index (κ1) is 12.1. The van der Waals surface area contributed by atoms with Crippen LogP contribution in [0.15, 0.2) is 23.2 Å². The normalized spacial score (nSPS) is 10.0. The van der Waals surface area contributed by atoms with E-state index in [0.717, 1.165) is 18.4 Å². The molecule has 5 heteroatoms. The summed E-state index contributed by atoms with van der Waals surface area (Å²) < 4.78 is 0. The first-order valence-corrected chi connectivity index (χ1v) is 5.34. The van der Waals surface area contributed by atoms with Crippen LogP contribution in [-0.2, 0) is 6.42 Å². The van der Waals surface area contributed by atoms with E-state index < -0.39 is 0 Å². The van der Waals surface area contributed by atoms with E-state index in [-0.39, 0.29) is 5.96 Å². The lowest BCUT2D eigenvalue weighted by molar-refractivity contribution is 0.831. The molecular weight excluding hydrogens is 233 g/mol. The number of hydrogen-bond donors (Lipinski definition) is 2. The van der Waals surface area contributed by atoms with Gasteiger partial charge in [-0.05, 0) is 30.5 Å². The molecule has 0 amide bonds. The lowest BCUT2D eigenvalue weighted by Crippen LogP contribution is -2.23. The van der Waals surface area contributed by atoms with Crippen LogP contribution >= 0.6 is 23.2 Å². The Hall–Kier alpha value is -0.930. The summed E-state index contributed by atoms with van der Waals surface area (Å²) in [6, 6.07) is 5.47. The number of rotatable bonds is 4. The molecule has 0 fully saturated rings. The maximum Gasteiger partial charge on any atom is 0.185 e. The molecule has 0 radical (unpaired) electrons. The third kappa shape index (κ3) is 4.40. The van der Waals surface area contributed by atoms with E-state index in [2.05, 4.69) is 4.99 Å². The van der Waals surface area contributed by atoms with E-state index in [9.17, 15) is 0 Å². The topological polar surface area (TPSA) is 64.4 Å². The van der Waals surface area contributed by atoms with Gasteiger partial charge in [-0.25, -0.2) is 0 Å². The Bertz CT molecular complexity index is 360. The van der Waals surface area contributed by atoms with Gasteiger partial charge in [0.2, 0.25) is 0 Å². The summed E-state index contributed by atoms with van der Waals surface area (Å²) in [6.07, 6.45) is 1.70. The van der Waals surface area contributed by atoms with Crippen LogP contribution in [0.5, 0.6) is 0 Å². The van der Waals surface area contributed by atoms with Crippen LogP contribution in [0.1, 0.15) is 12.0 Å². The highest BCUT2D eigenvalue weighted by atomic mass is 35.5. The van der Waals surface area contributed by atoms with Gasteiger partial charge in [0.05, 0.1) is 0 Å². The van der Waals surface area contributed by atoms with Crippen molar-refractivity contribution in [1.82, 2.24) is 0 Å². The Balaban J connectivity index is 2.47. The standard InChI is InChI=1S/C10H13Cl2N3/c11-8-4-3-7(9(12)6-8)2-1-5-15-10(13)14/h3-4,6H,1-2,5H2,(H4,13,14,15). The summed E-state index contributed by atoms with van der Waals surface area (Å²) in [5.74, 6) is 0.122. The monoisotopic (exact) mass is 245 g/mol. The maximum atomic E-state index is 6.00. The van der Waals surface area contributed by atoms with Crippen molar-refractivity contribution >= 4 is 29.2 Å². The fourth-order valence-electron chi connectivity index (χ4n) is 1.20. The number of aryl methyl sites for hydroxylation is 1. The first-order valence-electron chi connectivity index (χ1n) is 4.59. The second-order valence-electron chi connectivity index (χ2n) is 3.15. The van der Waals surface area contributed by atoms with Crippen molar-refractivity contribution in [3.63, 3.8) is 0 Å². The van der Waals surface area contributed by atoms with Gasteiger partial charge in [0.25, 0.3) is 0 Å². The second kappa shape index (κ2) is 5.83. The predicted octanol–water partition coefficient (Wildman–Crippen LogP) is 2.20. The summed E-state index contributed by atoms with van der Waals surface area (Å²) in [5, 5.41) is 1.33. The van der Waals surface area contributed by atoms with Gasteiger partial charge in [-0.15, -0.1) is 0 Å². The third-order valence-electron chi connectivity index (χ3n) is 1.91. The smallest absolute Gasteiger partial charge is 0.185 e. The Kier molecular flexibility index (Phi) is 4.72. The van der Waals surface area contributed by atoms with Crippen LogP contribution in [0, 0.1) is 0 Å². The molecule has 0 heterocycles. The first-order chi connectivity index (χ1) is 7.09. The molecule has 0 aliphatic rings. The summed E-state index contributed by atoms with van der Waals surface area (Å²) in [5.41, 5.74) is 11.5. The molecule has 1 aromatic carbocycles. The minimum absolute atomic E-state index is 0.122. The molecule has 0 saturated heterocycles. The van der Waals surface area contributed by atoms with Gasteiger partial charge in [-0.1, -0.05) is 29.3 Å². The van der Waals surface area contributed by atoms with Crippen molar-refractivity contribution in [2.24, 2.45) is 16.5 Å². The van der Waals surface area contributed by atoms with Crippen molar-refractivity contribution in [3.8, 4) is 0 Å². The molecule has 0 saturated carbocycles. The maximum absolute atomic E-state index is 6.00. The number of benzene rings is 1. The number of guanidine groups is 1. The van der Waals surface area contributed by atoms with Gasteiger partial charge in [-0.2, -0.15) is 0 Å². The van der Waals surface area contributed by atoms with Gasteiger partial charge in [0, 0.05) is 16.6 Å². The highest BCUT2D eigenvalue weighted by molar-refractivity contribution is 6.35. The van der Waals surface area contributed by atoms with Gasteiger partial charge in [0.15, 0.2) is 5.96 Å². The predicted molar refractivity (Wildman–Crippen MR) is 65.5 cm³/mol. The molecule has 3 nitrogen and oxygen atoms in total. The van der Waals surface area contributed by atoms with Crippen molar-refractivity contribution in [2.75, 3.05) is 6.54 Å². The number of nitrogens with two attached hydrogens (primary N) is 2. The third-order valence-corrected chi connectivity index (χ3v) is 2.50. The fraction of sp³-hybridized carbons (Fsp3) is 0.300. The number of halogens is 2. The van der Waals surface area contributed by atoms with Gasteiger partial charge in [-0.3, -0.25) is 4.99 Å². The second-order valence-corrected chi connectivity index (χ2v) is 3.99. The highest BCUT2D eigenvalue weighted by Crippen LogP contribution is 2.21. The lowest BCUT2D eigenvalue weighted by Gasteiger charge is -2.03. The van der Waals surface area contributed by atoms with Crippen LogP contribution in [0.25, 0.3) is 0 Å². The van der Waals surface area contributed by atoms with E-state index in [1.807, 2.05) is 12.1 Å². The van der Waals surface area contributed by atoms with Crippen LogP contribution in [0.4, 0.5) is 0 Å². The quantitative estimate of drug-likeness (QED) is 0.486. The molecule has 0 bridgehead atoms. The average Bonchev–Trinajstić information content (AvgIpc) is 2.14. The number of aliphatic imine (C=N–C) groups is 1. The zero-order valence-corrected chi connectivity index (χ0v) is 9.72. The van der Waals surface area contributed by atoms with Crippen molar-refractivity contribution in [2.45, 2.75) is 12.8 Å². The molecule has 82 valence electrons. The Morgan fingerprint density at radius 2 is 2.00 bits per heavy atom. The summed E-state index contributed by atoms with van der Waals surface area (Å²) in [6.45, 7) is 0.612. The molecule has 1 rings (SSSR count). The summed E-state index contributed by atoms with van der Waals surface area (Å²) >= 11 is 11.8. The lowest BCUT2D eigenvalue weighted by atomic mass is 10.1. The van der Waals surface area contributed by atoms with E-state index in [4.69, 9.17) is 34.7 Å². The largest absolute Gasteiger partial charge is 0.370 e. The Morgan fingerprint density at radius 1 is 1.27 bits per heavy atom. The molecule has 0 spiro atoms. The van der Waals surface area contributed by atoms with Crippen LogP contribution in [0.2, 0.25) is 10.0 Å². The SMILES string of the molecule is NC(N)=NCCCc1ccc(Cl)cc1Cl. The summed E-state index contributed by atoms with van der Waals surface area (Å²) in [4.78, 5) is 3.89. The van der Waals surface area contributed by atoms with E-state index in [0.29, 0.717) is 16.6 Å². The van der Waals surface area contributed by atoms with Crippen molar-refractivity contribution < 1.29 is 0 Å². The fourth-order valence-corrected chi connectivity index (χ4v) is 1.71. The molecular formula is C10H13Cl2N3. The molecule has 0 aliphatic carbocycles. The van der Waals surface area contributed by atoms with Crippen molar-refractivity contribution in [1.29, 1.82) is 0 Å². The number of nitrogens with zero attached hydrogens (tertiary/aromatic N) is 1. The molecule has 1 aromatic rings. The van der Waals surface area contributed by atoms with Crippen LogP contribution < -0.4 is 11.5 Å². The molecule has 0 unspecified atom stereocenters. The average molecular weight is 246 g/mol. The molecule has 15 heavy (non-hydrogen) atoms. The van der Waals surface area contributed by atoms with Crippen molar-refractivity contribution in [3.05, 3.63) is 33.8 Å². The van der Waals surface area contributed by atoms with E-state index >= 15 is 0 Å². The molecule has 0 aromatic heterocycles. The Morgan fingerprint density at radius 3 is 2.60 bits per heavy atom. The van der Waals surface area contributed by atoms with Gasteiger partial charge >= 0.3 is 0 Å². The highest BCUT2D eigenvalue weighted by Gasteiger charge is 2.00. The van der Waals surface area contributed by atoms with Gasteiger partial charge < -0.3 is 11.5 Å². The molecule has 4 N–H and O–H groups in total. The van der Waals surface area contributed by atoms with E-state index in [1.54, 1.807) is 6.07 Å². The van der Waals surface area contributed by atoms with Crippen LogP contribution in [0.3, 0.4) is 0 Å². The molecule has 0 aliphatic heterocycles. The minimum atomic E-state index is 0.122. The summed E-state index contributed by atoms with van der Waals surface area (Å²) in [7, 11) is 0. The Labute approximate surface area is 99.1 Å². The molecule has 0 atom stereocenters.